The first kappa shape index (κ1) is 13.3. The van der Waals surface area contributed by atoms with E-state index in [1.165, 1.54) is 17.2 Å². The smallest absolute Gasteiger partial charge is 0.311 e. The molecule has 0 unspecified atom stereocenters. The van der Waals surface area contributed by atoms with Crippen LogP contribution in [0.25, 0.3) is 0 Å². The van der Waals surface area contributed by atoms with Crippen LogP contribution in [0, 0.1) is 6.92 Å². The predicted octanol–water partition coefficient (Wildman–Crippen LogP) is 1.91. The van der Waals surface area contributed by atoms with Gasteiger partial charge in [0.05, 0.1) is 18.4 Å². The molecule has 102 valence electrons. The Labute approximate surface area is 109 Å². The highest BCUT2D eigenvalue weighted by Crippen LogP contribution is 2.22. The van der Waals surface area contributed by atoms with Gasteiger partial charge in [-0.25, -0.2) is 4.39 Å². The van der Waals surface area contributed by atoms with E-state index in [-0.39, 0.29) is 36.0 Å². The van der Waals surface area contributed by atoms with Gasteiger partial charge in [0.15, 0.2) is 0 Å². The van der Waals surface area contributed by atoms with Crippen LogP contribution in [0.3, 0.4) is 0 Å². The summed E-state index contributed by atoms with van der Waals surface area (Å²) in [4.78, 5) is 24.4. The molecule has 2 rings (SSSR count). The van der Waals surface area contributed by atoms with Crippen LogP contribution in [-0.4, -0.2) is 35.0 Å². The lowest BCUT2D eigenvalue weighted by atomic mass is 10.1. The summed E-state index contributed by atoms with van der Waals surface area (Å²) in [6.45, 7) is 2.01. The number of aryl methyl sites for hydroxylation is 1. The van der Waals surface area contributed by atoms with Crippen molar-refractivity contribution in [3.05, 3.63) is 35.1 Å². The lowest BCUT2D eigenvalue weighted by Crippen LogP contribution is -2.35. The number of halogens is 1. The van der Waals surface area contributed by atoms with Crippen LogP contribution in [0.1, 0.15) is 28.1 Å². The summed E-state index contributed by atoms with van der Waals surface area (Å²) in [5.74, 6) is -1.69. The third-order valence-corrected chi connectivity index (χ3v) is 2.97. The number of aliphatic carboxylic acids is 1. The molecule has 6 heteroatoms. The van der Waals surface area contributed by atoms with Crippen molar-refractivity contribution >= 4 is 11.9 Å². The van der Waals surface area contributed by atoms with E-state index in [0.717, 1.165) is 0 Å². The molecule has 2 heterocycles. The number of carboxylic acids is 1. The Morgan fingerprint density at radius 2 is 2.26 bits per heavy atom. The van der Waals surface area contributed by atoms with E-state index in [4.69, 9.17) is 9.52 Å². The lowest BCUT2D eigenvalue weighted by molar-refractivity contribution is -0.136. The Hall–Kier alpha value is -2.11. The molecular weight excluding hydrogens is 253 g/mol. The van der Waals surface area contributed by atoms with Crippen LogP contribution >= 0.6 is 0 Å². The molecule has 0 aromatic carbocycles. The topological polar surface area (TPSA) is 70.7 Å². The molecule has 0 fully saturated rings. The highest BCUT2D eigenvalue weighted by atomic mass is 19.1. The Kier molecular flexibility index (Phi) is 3.69. The lowest BCUT2D eigenvalue weighted by Gasteiger charge is -2.24. The largest absolute Gasteiger partial charge is 0.481 e. The van der Waals surface area contributed by atoms with Crippen LogP contribution in [-0.2, 0) is 11.2 Å². The molecule has 0 radical (unpaired) electrons. The first-order valence-corrected chi connectivity index (χ1v) is 5.91. The SMILES string of the molecule is Cc1coc(CC(=O)O)c1C(=O)N1CCC=C(F)C1. The van der Waals surface area contributed by atoms with E-state index in [1.54, 1.807) is 6.92 Å². The molecule has 0 saturated heterocycles. The Morgan fingerprint density at radius 1 is 1.53 bits per heavy atom. The maximum absolute atomic E-state index is 13.2. The number of carboxylic acid groups (broad SMARTS) is 1. The molecule has 1 aromatic rings. The molecule has 1 aromatic heterocycles. The summed E-state index contributed by atoms with van der Waals surface area (Å²) in [5, 5.41) is 8.78. The van der Waals surface area contributed by atoms with E-state index in [9.17, 15) is 14.0 Å². The van der Waals surface area contributed by atoms with E-state index in [1.807, 2.05) is 0 Å². The average molecular weight is 267 g/mol. The number of furan rings is 1. The summed E-state index contributed by atoms with van der Waals surface area (Å²) < 4.78 is 18.3. The highest BCUT2D eigenvalue weighted by Gasteiger charge is 2.26. The molecule has 1 aliphatic rings. The van der Waals surface area contributed by atoms with Crippen molar-refractivity contribution < 1.29 is 23.5 Å². The molecule has 1 aliphatic heterocycles. The van der Waals surface area contributed by atoms with Crippen LogP contribution < -0.4 is 0 Å². The number of nitrogens with zero attached hydrogens (tertiary/aromatic N) is 1. The molecule has 1 N–H and O–H groups in total. The molecule has 0 spiro atoms. The molecule has 19 heavy (non-hydrogen) atoms. The van der Waals surface area contributed by atoms with Crippen molar-refractivity contribution in [3.8, 4) is 0 Å². The monoisotopic (exact) mass is 267 g/mol. The van der Waals surface area contributed by atoms with Gasteiger partial charge in [-0.05, 0) is 19.4 Å². The van der Waals surface area contributed by atoms with Gasteiger partial charge in [0.25, 0.3) is 5.91 Å². The van der Waals surface area contributed by atoms with Crippen molar-refractivity contribution in [1.82, 2.24) is 4.90 Å². The van der Waals surface area contributed by atoms with Gasteiger partial charge < -0.3 is 14.4 Å². The predicted molar refractivity (Wildman–Crippen MR) is 64.5 cm³/mol. The Balaban J connectivity index is 2.25. The Bertz CT molecular complexity index is 547. The third kappa shape index (κ3) is 2.83. The van der Waals surface area contributed by atoms with Crippen LogP contribution in [0.5, 0.6) is 0 Å². The second-order valence-electron chi connectivity index (χ2n) is 4.45. The quantitative estimate of drug-likeness (QED) is 0.908. The number of hydrogen-bond acceptors (Lipinski definition) is 3. The van der Waals surface area contributed by atoms with Gasteiger partial charge in [-0.3, -0.25) is 9.59 Å². The third-order valence-electron chi connectivity index (χ3n) is 2.97. The average Bonchev–Trinajstić information content (AvgIpc) is 2.69. The first-order valence-electron chi connectivity index (χ1n) is 5.91. The first-order chi connectivity index (χ1) is 8.99. The number of rotatable bonds is 3. The van der Waals surface area contributed by atoms with E-state index >= 15 is 0 Å². The minimum absolute atomic E-state index is 0.0734. The highest BCUT2D eigenvalue weighted by molar-refractivity contribution is 5.97. The summed E-state index contributed by atoms with van der Waals surface area (Å²) in [6, 6.07) is 0. The maximum Gasteiger partial charge on any atom is 0.311 e. The van der Waals surface area contributed by atoms with Crippen molar-refractivity contribution in [1.29, 1.82) is 0 Å². The fraction of sp³-hybridized carbons (Fsp3) is 0.385. The van der Waals surface area contributed by atoms with Gasteiger partial charge in [0, 0.05) is 12.1 Å². The zero-order valence-corrected chi connectivity index (χ0v) is 10.5. The molecule has 0 aliphatic carbocycles. The molecular formula is C13H14FNO4. The number of carbonyl (C=O) groups excluding carboxylic acids is 1. The second-order valence-corrected chi connectivity index (χ2v) is 4.45. The minimum atomic E-state index is -1.08. The molecule has 0 atom stereocenters. The summed E-state index contributed by atoms with van der Waals surface area (Å²) >= 11 is 0. The number of hydrogen-bond donors (Lipinski definition) is 1. The van der Waals surface area contributed by atoms with Crippen molar-refractivity contribution in [2.45, 2.75) is 19.8 Å². The van der Waals surface area contributed by atoms with Gasteiger partial charge in [-0.1, -0.05) is 0 Å². The zero-order chi connectivity index (χ0) is 14.0. The standard InChI is InChI=1S/C13H14FNO4/c1-8-7-19-10(5-11(16)17)12(8)13(18)15-4-2-3-9(14)6-15/h3,7H,2,4-6H2,1H3,(H,16,17). The van der Waals surface area contributed by atoms with Gasteiger partial charge >= 0.3 is 5.97 Å². The zero-order valence-electron chi connectivity index (χ0n) is 10.5. The van der Waals surface area contributed by atoms with Gasteiger partial charge in [-0.15, -0.1) is 0 Å². The fourth-order valence-corrected chi connectivity index (χ4v) is 2.09. The fourth-order valence-electron chi connectivity index (χ4n) is 2.09. The van der Waals surface area contributed by atoms with Crippen LogP contribution in [0.2, 0.25) is 0 Å². The van der Waals surface area contributed by atoms with Crippen molar-refractivity contribution in [3.63, 3.8) is 0 Å². The molecule has 0 bridgehead atoms. The van der Waals surface area contributed by atoms with E-state index < -0.39 is 5.97 Å². The summed E-state index contributed by atoms with van der Waals surface area (Å²) in [5.41, 5.74) is 0.799. The van der Waals surface area contributed by atoms with Crippen LogP contribution in [0.4, 0.5) is 4.39 Å². The number of carbonyl (C=O) groups is 2. The van der Waals surface area contributed by atoms with E-state index in [2.05, 4.69) is 0 Å². The van der Waals surface area contributed by atoms with Gasteiger partial charge in [0.2, 0.25) is 0 Å². The van der Waals surface area contributed by atoms with Crippen molar-refractivity contribution in [2.75, 3.05) is 13.1 Å². The maximum atomic E-state index is 13.2. The van der Waals surface area contributed by atoms with Gasteiger partial charge in [-0.2, -0.15) is 0 Å². The van der Waals surface area contributed by atoms with Gasteiger partial charge in [0.1, 0.15) is 18.0 Å². The normalized spacial score (nSPS) is 15.3. The van der Waals surface area contributed by atoms with Crippen molar-refractivity contribution in [2.24, 2.45) is 0 Å². The minimum Gasteiger partial charge on any atom is -0.481 e. The molecule has 0 saturated carbocycles. The second kappa shape index (κ2) is 5.26. The summed E-state index contributed by atoms with van der Waals surface area (Å²) in [7, 11) is 0. The Morgan fingerprint density at radius 3 is 2.89 bits per heavy atom. The number of amides is 1. The summed E-state index contributed by atoms with van der Waals surface area (Å²) in [6.07, 6.45) is 2.90. The molecule has 5 nitrogen and oxygen atoms in total. The molecule has 1 amide bonds. The van der Waals surface area contributed by atoms with Crippen LogP contribution in [0.15, 0.2) is 22.6 Å². The van der Waals surface area contributed by atoms with E-state index in [0.29, 0.717) is 18.5 Å².